The van der Waals surface area contributed by atoms with Crippen LogP contribution in [-0.2, 0) is 16.0 Å². The summed E-state index contributed by atoms with van der Waals surface area (Å²) in [6.45, 7) is 1.68. The van der Waals surface area contributed by atoms with Crippen molar-refractivity contribution in [2.24, 2.45) is 11.7 Å². The predicted octanol–water partition coefficient (Wildman–Crippen LogP) is -0.223. The molecule has 1 fully saturated rings. The standard InChI is InChI=1S/C8H17N3O4S/c1-10(16(13)14)11-4-2-7(3-5-11)6-15-8(9)12/h7H,2-6H2,1H3,(H2,9,12)(H,13,14). The number of nitrogens with two attached hydrogens (primary N) is 1. The smallest absolute Gasteiger partial charge is 0.404 e. The van der Waals surface area contributed by atoms with E-state index in [-0.39, 0.29) is 5.92 Å². The second-order valence-corrected chi connectivity index (χ2v) is 4.71. The molecule has 0 aromatic heterocycles. The number of carbonyl (C=O) groups excluding carboxylic acids is 1. The predicted molar refractivity (Wildman–Crippen MR) is 58.4 cm³/mol. The second kappa shape index (κ2) is 6.14. The molecule has 7 nitrogen and oxygen atoms in total. The largest absolute Gasteiger partial charge is 0.449 e. The van der Waals surface area contributed by atoms with E-state index in [0.717, 1.165) is 12.8 Å². The Balaban J connectivity index is 2.28. The summed E-state index contributed by atoms with van der Waals surface area (Å²) in [5.74, 6) is 0.282. The molecule has 1 saturated heterocycles. The molecule has 0 aromatic carbocycles. The third kappa shape index (κ3) is 4.05. The van der Waals surface area contributed by atoms with Gasteiger partial charge in [-0.1, -0.05) is 0 Å². The molecule has 94 valence electrons. The molecule has 1 heterocycles. The number of nitrogens with zero attached hydrogens (tertiary/aromatic N) is 2. The summed E-state index contributed by atoms with van der Waals surface area (Å²) >= 11 is -1.98. The molecule has 1 aliphatic rings. The lowest BCUT2D eigenvalue weighted by Gasteiger charge is -2.35. The molecule has 16 heavy (non-hydrogen) atoms. The summed E-state index contributed by atoms with van der Waals surface area (Å²) in [6, 6.07) is 0. The van der Waals surface area contributed by atoms with Crippen LogP contribution in [0.1, 0.15) is 12.8 Å². The van der Waals surface area contributed by atoms with Crippen molar-refractivity contribution in [3.05, 3.63) is 0 Å². The molecule has 1 aliphatic heterocycles. The number of primary amides is 1. The third-order valence-electron chi connectivity index (χ3n) is 2.68. The Bertz CT molecular complexity index is 268. The number of rotatable bonds is 4. The Morgan fingerprint density at radius 3 is 2.62 bits per heavy atom. The first kappa shape index (κ1) is 13.4. The second-order valence-electron chi connectivity index (χ2n) is 3.72. The molecule has 3 N–H and O–H groups in total. The summed E-state index contributed by atoms with van der Waals surface area (Å²) in [4.78, 5) is 10.4. The zero-order valence-corrected chi connectivity index (χ0v) is 9.98. The minimum absolute atomic E-state index is 0.282. The fourth-order valence-corrected chi connectivity index (χ4v) is 2.03. The van der Waals surface area contributed by atoms with Crippen LogP contribution in [0.3, 0.4) is 0 Å². The Morgan fingerprint density at radius 2 is 2.19 bits per heavy atom. The van der Waals surface area contributed by atoms with E-state index in [1.54, 1.807) is 12.1 Å². The molecule has 1 rings (SSSR count). The van der Waals surface area contributed by atoms with Gasteiger partial charge in [0.15, 0.2) is 0 Å². The van der Waals surface area contributed by atoms with Crippen molar-refractivity contribution in [1.29, 1.82) is 0 Å². The van der Waals surface area contributed by atoms with Crippen molar-refractivity contribution in [2.45, 2.75) is 12.8 Å². The fourth-order valence-electron chi connectivity index (χ4n) is 1.67. The number of amides is 1. The van der Waals surface area contributed by atoms with Crippen molar-refractivity contribution in [3.8, 4) is 0 Å². The Kier molecular flexibility index (Phi) is 5.13. The van der Waals surface area contributed by atoms with Gasteiger partial charge < -0.3 is 10.5 Å². The summed E-state index contributed by atoms with van der Waals surface area (Å²) in [6.07, 6.45) is 0.875. The average molecular weight is 251 g/mol. The highest BCUT2D eigenvalue weighted by Gasteiger charge is 2.24. The van der Waals surface area contributed by atoms with E-state index in [9.17, 15) is 9.00 Å². The number of hydrogen-bond acceptors (Lipinski definition) is 4. The molecular weight excluding hydrogens is 234 g/mol. The zero-order chi connectivity index (χ0) is 12.1. The fraction of sp³-hybridized carbons (Fsp3) is 0.875. The average Bonchev–Trinajstić information content (AvgIpc) is 2.26. The summed E-state index contributed by atoms with van der Waals surface area (Å²) in [5, 5.41) is 1.80. The number of piperidine rings is 1. The number of hydrazine groups is 1. The quantitative estimate of drug-likeness (QED) is 0.673. The molecule has 0 radical (unpaired) electrons. The van der Waals surface area contributed by atoms with Gasteiger partial charge in [-0.25, -0.2) is 14.0 Å². The molecule has 0 saturated carbocycles. The monoisotopic (exact) mass is 251 g/mol. The van der Waals surface area contributed by atoms with Crippen LogP contribution in [0.25, 0.3) is 0 Å². The van der Waals surface area contributed by atoms with E-state index in [1.165, 1.54) is 4.41 Å². The first-order valence-electron chi connectivity index (χ1n) is 5.02. The zero-order valence-electron chi connectivity index (χ0n) is 9.16. The van der Waals surface area contributed by atoms with Gasteiger partial charge >= 0.3 is 6.09 Å². The SMILES string of the molecule is CN(N1CCC(COC(N)=O)CC1)S(=O)O. The lowest BCUT2D eigenvalue weighted by molar-refractivity contribution is 0.0258. The van der Waals surface area contributed by atoms with Crippen LogP contribution in [0.5, 0.6) is 0 Å². The first-order chi connectivity index (χ1) is 7.50. The maximum Gasteiger partial charge on any atom is 0.404 e. The van der Waals surface area contributed by atoms with Gasteiger partial charge in [-0.3, -0.25) is 4.55 Å². The summed E-state index contributed by atoms with van der Waals surface area (Å²) in [5.41, 5.74) is 4.87. The Hall–Kier alpha value is -0.700. The minimum Gasteiger partial charge on any atom is -0.449 e. The van der Waals surface area contributed by atoms with Gasteiger partial charge in [0.25, 0.3) is 0 Å². The van der Waals surface area contributed by atoms with Crippen molar-refractivity contribution < 1.29 is 18.3 Å². The van der Waals surface area contributed by atoms with E-state index in [2.05, 4.69) is 0 Å². The van der Waals surface area contributed by atoms with Crippen molar-refractivity contribution >= 4 is 17.4 Å². The van der Waals surface area contributed by atoms with Crippen LogP contribution >= 0.6 is 0 Å². The van der Waals surface area contributed by atoms with E-state index >= 15 is 0 Å². The molecule has 0 aliphatic carbocycles. The Morgan fingerprint density at radius 1 is 1.62 bits per heavy atom. The van der Waals surface area contributed by atoms with Gasteiger partial charge in [0.1, 0.15) is 0 Å². The summed E-state index contributed by atoms with van der Waals surface area (Å²) < 4.78 is 25.7. The number of ether oxygens (including phenoxy) is 1. The van der Waals surface area contributed by atoms with Gasteiger partial charge in [0.2, 0.25) is 11.3 Å². The van der Waals surface area contributed by atoms with Crippen molar-refractivity contribution in [1.82, 2.24) is 9.42 Å². The number of hydrogen-bond donors (Lipinski definition) is 2. The molecule has 8 heteroatoms. The maximum absolute atomic E-state index is 10.8. The van der Waals surface area contributed by atoms with Gasteiger partial charge in [0, 0.05) is 20.1 Å². The topological polar surface area (TPSA) is 96.1 Å². The van der Waals surface area contributed by atoms with E-state index in [4.69, 9.17) is 15.0 Å². The third-order valence-corrected chi connectivity index (χ3v) is 3.36. The van der Waals surface area contributed by atoms with Crippen LogP contribution in [0.2, 0.25) is 0 Å². The highest BCUT2D eigenvalue weighted by Crippen LogP contribution is 2.18. The van der Waals surface area contributed by atoms with Crippen LogP contribution in [0.15, 0.2) is 0 Å². The maximum atomic E-state index is 10.8. The van der Waals surface area contributed by atoms with Crippen molar-refractivity contribution in [2.75, 3.05) is 26.7 Å². The highest BCUT2D eigenvalue weighted by atomic mass is 32.2. The molecule has 1 unspecified atom stereocenters. The van der Waals surface area contributed by atoms with Gasteiger partial charge in [0.05, 0.1) is 6.61 Å². The minimum atomic E-state index is -1.98. The van der Waals surface area contributed by atoms with Crippen LogP contribution in [0, 0.1) is 5.92 Å². The van der Waals surface area contributed by atoms with Crippen LogP contribution in [-0.4, -0.2) is 51.0 Å². The van der Waals surface area contributed by atoms with Crippen LogP contribution in [0.4, 0.5) is 4.79 Å². The summed E-state index contributed by atoms with van der Waals surface area (Å²) in [7, 11) is 1.57. The van der Waals surface area contributed by atoms with Gasteiger partial charge in [-0.2, -0.15) is 0 Å². The van der Waals surface area contributed by atoms with Crippen LogP contribution < -0.4 is 5.73 Å². The normalized spacial score (nSPS) is 20.9. The van der Waals surface area contributed by atoms with Gasteiger partial charge in [-0.05, 0) is 18.8 Å². The number of carbonyl (C=O) groups is 1. The molecular formula is C8H17N3O4S. The molecule has 0 aromatic rings. The van der Waals surface area contributed by atoms with E-state index in [1.807, 2.05) is 0 Å². The van der Waals surface area contributed by atoms with E-state index < -0.39 is 17.4 Å². The highest BCUT2D eigenvalue weighted by molar-refractivity contribution is 7.76. The first-order valence-corrected chi connectivity index (χ1v) is 6.09. The molecule has 1 amide bonds. The molecule has 1 atom stereocenters. The van der Waals surface area contributed by atoms with Gasteiger partial charge in [-0.15, -0.1) is 4.41 Å². The molecule has 0 spiro atoms. The van der Waals surface area contributed by atoms with E-state index in [0.29, 0.717) is 19.7 Å². The lowest BCUT2D eigenvalue weighted by atomic mass is 9.99. The van der Waals surface area contributed by atoms with Crippen molar-refractivity contribution in [3.63, 3.8) is 0 Å². The molecule has 0 bridgehead atoms. The Labute approximate surface area is 96.9 Å². The lowest BCUT2D eigenvalue weighted by Crippen LogP contribution is -2.46.